The Morgan fingerprint density at radius 2 is 1.70 bits per heavy atom. The Labute approximate surface area is 269 Å². The average molecular weight is 638 g/mol. The minimum Gasteiger partial charge on any atom is -0.493 e. The third kappa shape index (κ3) is 5.45. The van der Waals surface area contributed by atoms with Crippen molar-refractivity contribution in [3.05, 3.63) is 138 Å². The van der Waals surface area contributed by atoms with E-state index in [0.29, 0.717) is 32.1 Å². The van der Waals surface area contributed by atoms with Crippen LogP contribution in [0.25, 0.3) is 17.5 Å². The van der Waals surface area contributed by atoms with E-state index in [1.165, 1.54) is 30.6 Å². The number of hydrogen-bond acceptors (Lipinski definition) is 7. The SMILES string of the molecule is CCOC(=O)C1=C(c2ccccc2)N=c2s/c(=C\c3cc(C)n(-c4ccc(F)cc4)c3C)c(=O)n2[C@H]1c1ccc(OC)c(OC)c1. The first-order valence-electron chi connectivity index (χ1n) is 14.7. The fourth-order valence-corrected chi connectivity index (χ4v) is 6.83. The summed E-state index contributed by atoms with van der Waals surface area (Å²) in [7, 11) is 3.08. The smallest absolute Gasteiger partial charge is 0.338 e. The lowest BCUT2D eigenvalue weighted by Crippen LogP contribution is -2.40. The number of methoxy groups -OCH3 is 2. The van der Waals surface area contributed by atoms with E-state index in [2.05, 4.69) is 0 Å². The average Bonchev–Trinajstić information content (AvgIpc) is 3.53. The minimum atomic E-state index is -0.862. The molecule has 0 amide bonds. The first kappa shape index (κ1) is 30.8. The Balaban J connectivity index is 1.61. The molecule has 0 N–H and O–H groups in total. The maximum Gasteiger partial charge on any atom is 0.338 e. The van der Waals surface area contributed by atoms with Gasteiger partial charge in [-0.05, 0) is 80.4 Å². The molecule has 1 aliphatic heterocycles. The molecular formula is C36H32FN3O5S. The Morgan fingerprint density at radius 3 is 2.37 bits per heavy atom. The van der Waals surface area contributed by atoms with Crippen LogP contribution in [0.4, 0.5) is 4.39 Å². The van der Waals surface area contributed by atoms with E-state index in [9.17, 15) is 14.0 Å². The Bertz CT molecular complexity index is 2160. The maximum atomic E-state index is 14.4. The highest BCUT2D eigenvalue weighted by Crippen LogP contribution is 2.38. The van der Waals surface area contributed by atoms with Gasteiger partial charge in [-0.15, -0.1) is 0 Å². The number of thiazole rings is 1. The number of carbonyl (C=O) groups is 1. The van der Waals surface area contributed by atoms with Gasteiger partial charge in [0.05, 0.1) is 42.7 Å². The Morgan fingerprint density at radius 1 is 0.978 bits per heavy atom. The summed E-state index contributed by atoms with van der Waals surface area (Å²) in [4.78, 5) is 33.5. The topological polar surface area (TPSA) is 84.1 Å². The van der Waals surface area contributed by atoms with Gasteiger partial charge in [-0.25, -0.2) is 14.2 Å². The van der Waals surface area contributed by atoms with Crippen LogP contribution in [0.15, 0.2) is 94.2 Å². The van der Waals surface area contributed by atoms with Crippen LogP contribution in [-0.4, -0.2) is 35.9 Å². The molecular weight excluding hydrogens is 605 g/mol. The summed E-state index contributed by atoms with van der Waals surface area (Å²) in [5.74, 6) is 0.0904. The van der Waals surface area contributed by atoms with Crippen molar-refractivity contribution in [1.82, 2.24) is 9.13 Å². The zero-order valence-corrected chi connectivity index (χ0v) is 26.9. The van der Waals surface area contributed by atoms with E-state index in [-0.39, 0.29) is 23.6 Å². The number of halogens is 1. The van der Waals surface area contributed by atoms with E-state index in [1.807, 2.05) is 67.0 Å². The van der Waals surface area contributed by atoms with Crippen molar-refractivity contribution < 1.29 is 23.4 Å². The van der Waals surface area contributed by atoms with Gasteiger partial charge in [0, 0.05) is 22.6 Å². The van der Waals surface area contributed by atoms with Gasteiger partial charge in [-0.1, -0.05) is 47.7 Å². The van der Waals surface area contributed by atoms with E-state index in [4.69, 9.17) is 19.2 Å². The van der Waals surface area contributed by atoms with Gasteiger partial charge in [0.25, 0.3) is 5.56 Å². The van der Waals surface area contributed by atoms with Crippen molar-refractivity contribution in [3.63, 3.8) is 0 Å². The van der Waals surface area contributed by atoms with Crippen molar-refractivity contribution in [1.29, 1.82) is 0 Å². The molecule has 1 aliphatic rings. The molecule has 0 bridgehead atoms. The number of aryl methyl sites for hydroxylation is 1. The van der Waals surface area contributed by atoms with Crippen LogP contribution in [0.3, 0.4) is 0 Å². The molecule has 2 aromatic heterocycles. The molecule has 0 unspecified atom stereocenters. The minimum absolute atomic E-state index is 0.150. The molecule has 1 atom stereocenters. The summed E-state index contributed by atoms with van der Waals surface area (Å²) in [6.45, 7) is 5.81. The lowest BCUT2D eigenvalue weighted by molar-refractivity contribution is -0.138. The van der Waals surface area contributed by atoms with Crippen molar-refractivity contribution in [2.24, 2.45) is 4.99 Å². The summed E-state index contributed by atoms with van der Waals surface area (Å²) in [5, 5.41) is 0. The molecule has 234 valence electrons. The molecule has 0 spiro atoms. The number of rotatable bonds is 8. The molecule has 0 radical (unpaired) electrons. The quantitative estimate of drug-likeness (QED) is 0.210. The van der Waals surface area contributed by atoms with Crippen LogP contribution >= 0.6 is 11.3 Å². The molecule has 0 fully saturated rings. The normalized spacial score (nSPS) is 14.6. The molecule has 0 aliphatic carbocycles. The Kier molecular flexibility index (Phi) is 8.46. The highest BCUT2D eigenvalue weighted by atomic mass is 32.1. The second-order valence-corrected chi connectivity index (χ2v) is 11.7. The summed E-state index contributed by atoms with van der Waals surface area (Å²) < 4.78 is 34.3. The monoisotopic (exact) mass is 637 g/mol. The fraction of sp³-hybridized carbons (Fsp3) is 0.194. The summed E-state index contributed by atoms with van der Waals surface area (Å²) >= 11 is 1.25. The number of esters is 1. The van der Waals surface area contributed by atoms with Gasteiger partial charge < -0.3 is 18.8 Å². The summed E-state index contributed by atoms with van der Waals surface area (Å²) in [5.41, 5.74) is 5.20. The van der Waals surface area contributed by atoms with E-state index >= 15 is 0 Å². The molecule has 3 aromatic carbocycles. The van der Waals surface area contributed by atoms with Gasteiger partial charge in [-0.3, -0.25) is 9.36 Å². The van der Waals surface area contributed by atoms with Crippen LogP contribution in [0.1, 0.15) is 41.0 Å². The van der Waals surface area contributed by atoms with Crippen LogP contribution in [-0.2, 0) is 9.53 Å². The zero-order valence-electron chi connectivity index (χ0n) is 26.0. The van der Waals surface area contributed by atoms with Crippen molar-refractivity contribution in [2.75, 3.05) is 20.8 Å². The number of fused-ring (bicyclic) bond motifs is 1. The van der Waals surface area contributed by atoms with E-state index in [1.54, 1.807) is 42.9 Å². The van der Waals surface area contributed by atoms with Gasteiger partial charge in [0.1, 0.15) is 5.82 Å². The number of aromatic nitrogens is 2. The van der Waals surface area contributed by atoms with Crippen molar-refractivity contribution >= 4 is 29.1 Å². The molecule has 0 saturated heterocycles. The molecule has 6 rings (SSSR count). The number of benzene rings is 3. The standard InChI is InChI=1S/C36H32FN3O5S/c1-6-45-35(42)31-32(23-10-8-7-9-11-23)38-36-40(33(31)24-12-17-28(43-4)29(19-24)44-5)34(41)30(46-36)20-25-18-21(2)39(22(25)3)27-15-13-26(37)14-16-27/h7-20,33H,6H2,1-5H3/b30-20-/t33-/m0/s1. The van der Waals surface area contributed by atoms with Gasteiger partial charge in [0.15, 0.2) is 16.3 Å². The predicted molar refractivity (Wildman–Crippen MR) is 176 cm³/mol. The van der Waals surface area contributed by atoms with Crippen LogP contribution in [0.5, 0.6) is 11.5 Å². The molecule has 10 heteroatoms. The first-order valence-corrected chi connectivity index (χ1v) is 15.5. The van der Waals surface area contributed by atoms with Gasteiger partial charge in [-0.2, -0.15) is 0 Å². The Hall–Kier alpha value is -5.22. The van der Waals surface area contributed by atoms with Gasteiger partial charge in [0.2, 0.25) is 0 Å². The van der Waals surface area contributed by atoms with E-state index in [0.717, 1.165) is 28.2 Å². The molecule has 5 aromatic rings. The maximum absolute atomic E-state index is 14.4. The molecule has 8 nitrogen and oxygen atoms in total. The summed E-state index contributed by atoms with van der Waals surface area (Å²) in [6.07, 6.45) is 1.84. The number of nitrogens with zero attached hydrogens (tertiary/aromatic N) is 3. The first-order chi connectivity index (χ1) is 22.2. The highest BCUT2D eigenvalue weighted by molar-refractivity contribution is 7.07. The largest absolute Gasteiger partial charge is 0.493 e. The second-order valence-electron chi connectivity index (χ2n) is 10.7. The third-order valence-corrected chi connectivity index (χ3v) is 8.92. The summed E-state index contributed by atoms with van der Waals surface area (Å²) in [6, 6.07) is 22.1. The van der Waals surface area contributed by atoms with Crippen molar-refractivity contribution in [2.45, 2.75) is 26.8 Å². The van der Waals surface area contributed by atoms with Gasteiger partial charge >= 0.3 is 5.97 Å². The van der Waals surface area contributed by atoms with Crippen molar-refractivity contribution in [3.8, 4) is 17.2 Å². The van der Waals surface area contributed by atoms with Crippen LogP contribution in [0, 0.1) is 19.7 Å². The number of ether oxygens (including phenoxy) is 3. The van der Waals surface area contributed by atoms with E-state index < -0.39 is 12.0 Å². The third-order valence-electron chi connectivity index (χ3n) is 7.94. The molecule has 3 heterocycles. The lowest BCUT2D eigenvalue weighted by atomic mass is 9.93. The fourth-order valence-electron chi connectivity index (χ4n) is 5.84. The number of carbonyl (C=O) groups excluding carboxylic acids is 1. The molecule has 0 saturated carbocycles. The zero-order chi connectivity index (χ0) is 32.5. The number of hydrogen-bond donors (Lipinski definition) is 0. The predicted octanol–water partition coefficient (Wildman–Crippen LogP) is 5.50. The highest BCUT2D eigenvalue weighted by Gasteiger charge is 2.35. The molecule has 46 heavy (non-hydrogen) atoms. The second kappa shape index (κ2) is 12.6. The van der Waals surface area contributed by atoms with Crippen LogP contribution in [0.2, 0.25) is 0 Å². The van der Waals surface area contributed by atoms with Crippen LogP contribution < -0.4 is 24.4 Å². The lowest BCUT2D eigenvalue weighted by Gasteiger charge is -2.26.